The molecule has 0 spiro atoms. The van der Waals surface area contributed by atoms with E-state index in [2.05, 4.69) is 4.72 Å². The van der Waals surface area contributed by atoms with Crippen molar-refractivity contribution < 1.29 is 13.3 Å². The van der Waals surface area contributed by atoms with Crippen LogP contribution in [-0.2, 0) is 16.6 Å². The molecule has 8 heteroatoms. The normalized spacial score (nSPS) is 12.8. The van der Waals surface area contributed by atoms with Gasteiger partial charge in [-0.1, -0.05) is 36.4 Å². The Bertz CT molecular complexity index is 802. The van der Waals surface area contributed by atoms with Gasteiger partial charge in [0.05, 0.1) is 4.92 Å². The van der Waals surface area contributed by atoms with Crippen LogP contribution in [0.15, 0.2) is 53.4 Å². The Labute approximate surface area is 134 Å². The van der Waals surface area contributed by atoms with Crippen LogP contribution in [0.1, 0.15) is 24.1 Å². The van der Waals surface area contributed by atoms with Crippen LogP contribution in [0.3, 0.4) is 0 Å². The second-order valence-corrected chi connectivity index (χ2v) is 6.82. The molecule has 0 radical (unpaired) electrons. The number of nitro groups is 1. The number of para-hydroxylation sites is 1. The molecule has 0 aliphatic carbocycles. The van der Waals surface area contributed by atoms with Crippen molar-refractivity contribution >= 4 is 15.7 Å². The van der Waals surface area contributed by atoms with Gasteiger partial charge in [0.15, 0.2) is 4.90 Å². The second kappa shape index (κ2) is 6.86. The maximum atomic E-state index is 12.3. The van der Waals surface area contributed by atoms with E-state index in [0.717, 1.165) is 17.2 Å². The molecule has 1 unspecified atom stereocenters. The van der Waals surface area contributed by atoms with E-state index in [1.165, 1.54) is 18.2 Å². The quantitative estimate of drug-likeness (QED) is 0.619. The van der Waals surface area contributed by atoms with Crippen LogP contribution in [0, 0.1) is 10.1 Å². The zero-order valence-corrected chi connectivity index (χ0v) is 13.3. The second-order valence-electron chi connectivity index (χ2n) is 5.08. The largest absolute Gasteiger partial charge is 0.324 e. The van der Waals surface area contributed by atoms with E-state index in [9.17, 15) is 18.5 Å². The molecule has 1 atom stereocenters. The van der Waals surface area contributed by atoms with Crippen LogP contribution in [-0.4, -0.2) is 13.3 Å². The zero-order valence-electron chi connectivity index (χ0n) is 12.5. The van der Waals surface area contributed by atoms with Gasteiger partial charge in [-0.15, -0.1) is 0 Å². The molecule has 0 fully saturated rings. The molecule has 23 heavy (non-hydrogen) atoms. The molecule has 2 aromatic carbocycles. The minimum absolute atomic E-state index is 0.0353. The summed E-state index contributed by atoms with van der Waals surface area (Å²) in [5.74, 6) is 0. The van der Waals surface area contributed by atoms with Crippen LogP contribution in [0.5, 0.6) is 0 Å². The summed E-state index contributed by atoms with van der Waals surface area (Å²) in [7, 11) is -3.98. The van der Waals surface area contributed by atoms with Gasteiger partial charge in [-0.05, 0) is 24.1 Å². The number of sulfonamides is 1. The van der Waals surface area contributed by atoms with Crippen molar-refractivity contribution in [1.29, 1.82) is 0 Å². The summed E-state index contributed by atoms with van der Waals surface area (Å²) in [6.45, 7) is 1.89. The third-order valence-electron chi connectivity index (χ3n) is 3.32. The maximum absolute atomic E-state index is 12.3. The van der Waals surface area contributed by atoms with Crippen LogP contribution in [0.4, 0.5) is 5.69 Å². The van der Waals surface area contributed by atoms with Crippen LogP contribution >= 0.6 is 0 Å². The lowest BCUT2D eigenvalue weighted by Crippen LogP contribution is -2.24. The summed E-state index contributed by atoms with van der Waals surface area (Å²) < 4.78 is 26.9. The Morgan fingerprint density at radius 1 is 1.17 bits per heavy atom. The topological polar surface area (TPSA) is 115 Å². The smallest absolute Gasteiger partial charge is 0.289 e. The molecule has 0 amide bonds. The van der Waals surface area contributed by atoms with Gasteiger partial charge in [-0.3, -0.25) is 10.1 Å². The highest BCUT2D eigenvalue weighted by molar-refractivity contribution is 7.89. The molecule has 7 nitrogen and oxygen atoms in total. The van der Waals surface area contributed by atoms with Crippen molar-refractivity contribution in [2.45, 2.75) is 24.4 Å². The first-order valence-electron chi connectivity index (χ1n) is 6.89. The van der Waals surface area contributed by atoms with Gasteiger partial charge in [-0.2, -0.15) is 0 Å². The number of nitrogens with zero attached hydrogens (tertiary/aromatic N) is 1. The third-order valence-corrected chi connectivity index (χ3v) is 4.77. The van der Waals surface area contributed by atoms with Crippen LogP contribution in [0.2, 0.25) is 0 Å². The maximum Gasteiger partial charge on any atom is 0.289 e. The van der Waals surface area contributed by atoms with Gasteiger partial charge in [0, 0.05) is 18.7 Å². The molecule has 2 rings (SSSR count). The number of benzene rings is 2. The number of nitrogens with two attached hydrogens (primary N) is 1. The average molecular weight is 335 g/mol. The molecule has 3 N–H and O–H groups in total. The number of hydrogen-bond acceptors (Lipinski definition) is 5. The van der Waals surface area contributed by atoms with Crippen LogP contribution in [0.25, 0.3) is 0 Å². The van der Waals surface area contributed by atoms with Gasteiger partial charge in [0.25, 0.3) is 5.69 Å². The Morgan fingerprint density at radius 3 is 2.35 bits per heavy atom. The first-order valence-corrected chi connectivity index (χ1v) is 8.37. The molecule has 0 heterocycles. The Balaban J connectivity index is 2.18. The van der Waals surface area contributed by atoms with Gasteiger partial charge >= 0.3 is 0 Å². The number of rotatable bonds is 6. The van der Waals surface area contributed by atoms with E-state index < -0.39 is 20.6 Å². The lowest BCUT2D eigenvalue weighted by Gasteiger charge is -2.09. The van der Waals surface area contributed by atoms with Gasteiger partial charge < -0.3 is 5.73 Å². The lowest BCUT2D eigenvalue weighted by atomic mass is 10.1. The molecule has 122 valence electrons. The van der Waals surface area contributed by atoms with Crippen molar-refractivity contribution in [1.82, 2.24) is 4.72 Å². The summed E-state index contributed by atoms with van der Waals surface area (Å²) in [5.41, 5.74) is 6.97. The minimum atomic E-state index is -3.98. The summed E-state index contributed by atoms with van der Waals surface area (Å²) in [4.78, 5) is 9.88. The molecular formula is C15H17N3O4S. The lowest BCUT2D eigenvalue weighted by molar-refractivity contribution is -0.387. The van der Waals surface area contributed by atoms with E-state index in [0.29, 0.717) is 0 Å². The van der Waals surface area contributed by atoms with Crippen molar-refractivity contribution in [3.05, 3.63) is 69.8 Å². The highest BCUT2D eigenvalue weighted by atomic mass is 32.2. The van der Waals surface area contributed by atoms with E-state index in [-0.39, 0.29) is 17.5 Å². The molecular weight excluding hydrogens is 318 g/mol. The van der Waals surface area contributed by atoms with Crippen molar-refractivity contribution in [3.63, 3.8) is 0 Å². The molecule has 2 aromatic rings. The summed E-state index contributed by atoms with van der Waals surface area (Å²) in [6, 6.07) is 12.3. The minimum Gasteiger partial charge on any atom is -0.324 e. The molecule has 0 aromatic heterocycles. The fourth-order valence-electron chi connectivity index (χ4n) is 2.03. The Hall–Kier alpha value is -2.29. The van der Waals surface area contributed by atoms with Crippen LogP contribution < -0.4 is 10.5 Å². The van der Waals surface area contributed by atoms with E-state index in [4.69, 9.17) is 5.73 Å². The monoisotopic (exact) mass is 335 g/mol. The fraction of sp³-hybridized carbons (Fsp3) is 0.200. The average Bonchev–Trinajstić information content (AvgIpc) is 2.53. The van der Waals surface area contributed by atoms with Crippen molar-refractivity contribution in [3.8, 4) is 0 Å². The van der Waals surface area contributed by atoms with E-state index >= 15 is 0 Å². The third kappa shape index (κ3) is 4.13. The molecule has 0 saturated heterocycles. The first kappa shape index (κ1) is 17.1. The van der Waals surface area contributed by atoms with E-state index in [1.54, 1.807) is 12.1 Å². The predicted octanol–water partition coefficient (Wildman–Crippen LogP) is 2.09. The number of nitrogens with one attached hydrogen (secondary N) is 1. The predicted molar refractivity (Wildman–Crippen MR) is 86.2 cm³/mol. The van der Waals surface area contributed by atoms with Crippen molar-refractivity contribution in [2.24, 2.45) is 5.73 Å². The van der Waals surface area contributed by atoms with Gasteiger partial charge in [-0.25, -0.2) is 13.1 Å². The standard InChI is InChI=1S/C15H17N3O4S/c1-11(16)13-8-6-12(7-9-13)10-17-23(21,22)15-5-3-2-4-14(15)18(19)20/h2-9,11,17H,10,16H2,1H3. The van der Waals surface area contributed by atoms with E-state index in [1.807, 2.05) is 19.1 Å². The molecule has 0 bridgehead atoms. The van der Waals surface area contributed by atoms with Gasteiger partial charge in [0.2, 0.25) is 10.0 Å². The number of nitro benzene ring substituents is 1. The summed E-state index contributed by atoms with van der Waals surface area (Å²) in [6.07, 6.45) is 0. The molecule has 0 aliphatic heterocycles. The number of hydrogen-bond donors (Lipinski definition) is 2. The zero-order chi connectivity index (χ0) is 17.0. The fourth-order valence-corrected chi connectivity index (χ4v) is 3.22. The summed E-state index contributed by atoms with van der Waals surface area (Å²) in [5, 5.41) is 10.9. The van der Waals surface area contributed by atoms with Gasteiger partial charge in [0.1, 0.15) is 0 Å². The highest BCUT2D eigenvalue weighted by Gasteiger charge is 2.24. The summed E-state index contributed by atoms with van der Waals surface area (Å²) >= 11 is 0. The Morgan fingerprint density at radius 2 is 1.78 bits per heavy atom. The molecule has 0 aliphatic rings. The van der Waals surface area contributed by atoms with Crippen molar-refractivity contribution in [2.75, 3.05) is 0 Å². The Kier molecular flexibility index (Phi) is 5.09. The molecule has 0 saturated carbocycles. The first-order chi connectivity index (χ1) is 10.8. The SMILES string of the molecule is CC(N)c1ccc(CNS(=O)(=O)c2ccccc2[N+](=O)[O-])cc1. The highest BCUT2D eigenvalue weighted by Crippen LogP contribution is 2.23.